The molecule has 1 heterocycles. The van der Waals surface area contributed by atoms with Gasteiger partial charge < -0.3 is 20.6 Å². The van der Waals surface area contributed by atoms with Crippen LogP contribution in [0.4, 0.5) is 0 Å². The van der Waals surface area contributed by atoms with Gasteiger partial charge in [0, 0.05) is 6.04 Å². The SMILES string of the molecule is CC(C)[C@H]1N[C@H](CO)[C@@H](O)[C@@H]1O. The first kappa shape index (κ1) is 9.92. The highest BCUT2D eigenvalue weighted by atomic mass is 16.3. The maximum Gasteiger partial charge on any atom is 0.0989 e. The van der Waals surface area contributed by atoms with Crippen LogP contribution in [0.1, 0.15) is 13.8 Å². The van der Waals surface area contributed by atoms with Crippen LogP contribution in [0.3, 0.4) is 0 Å². The van der Waals surface area contributed by atoms with Crippen molar-refractivity contribution in [3.63, 3.8) is 0 Å². The topological polar surface area (TPSA) is 72.7 Å². The molecule has 0 aromatic heterocycles. The third-order valence-electron chi connectivity index (χ3n) is 2.45. The zero-order chi connectivity index (χ0) is 9.30. The first-order valence-corrected chi connectivity index (χ1v) is 4.31. The normalized spacial score (nSPS) is 42.5. The molecular formula is C8H17NO3. The quantitative estimate of drug-likeness (QED) is 0.421. The molecule has 0 aromatic carbocycles. The molecule has 4 atom stereocenters. The summed E-state index contributed by atoms with van der Waals surface area (Å²) in [6, 6.07) is -0.496. The van der Waals surface area contributed by atoms with Crippen molar-refractivity contribution in [2.75, 3.05) is 6.61 Å². The van der Waals surface area contributed by atoms with Crippen LogP contribution in [-0.2, 0) is 0 Å². The van der Waals surface area contributed by atoms with E-state index in [-0.39, 0.29) is 24.6 Å². The zero-order valence-corrected chi connectivity index (χ0v) is 7.44. The summed E-state index contributed by atoms with van der Waals surface area (Å²) >= 11 is 0. The lowest BCUT2D eigenvalue weighted by Crippen LogP contribution is -2.38. The highest BCUT2D eigenvalue weighted by Crippen LogP contribution is 2.19. The minimum absolute atomic E-state index is 0.114. The molecule has 0 aromatic rings. The Morgan fingerprint density at radius 3 is 2.08 bits per heavy atom. The monoisotopic (exact) mass is 175 g/mol. The summed E-state index contributed by atoms with van der Waals surface area (Å²) in [4.78, 5) is 0. The van der Waals surface area contributed by atoms with Crippen LogP contribution >= 0.6 is 0 Å². The van der Waals surface area contributed by atoms with Gasteiger partial charge >= 0.3 is 0 Å². The largest absolute Gasteiger partial charge is 0.395 e. The molecule has 4 N–H and O–H groups in total. The van der Waals surface area contributed by atoms with Crippen LogP contribution in [0.2, 0.25) is 0 Å². The average molecular weight is 175 g/mol. The lowest BCUT2D eigenvalue weighted by molar-refractivity contribution is 0.0147. The third kappa shape index (κ3) is 1.61. The van der Waals surface area contributed by atoms with E-state index in [0.29, 0.717) is 0 Å². The second-order valence-electron chi connectivity index (χ2n) is 3.71. The molecule has 0 spiro atoms. The molecule has 1 aliphatic rings. The molecular weight excluding hydrogens is 158 g/mol. The Hall–Kier alpha value is -0.160. The highest BCUT2D eigenvalue weighted by molar-refractivity contribution is 4.98. The van der Waals surface area contributed by atoms with E-state index in [0.717, 1.165) is 0 Å². The highest BCUT2D eigenvalue weighted by Gasteiger charge is 2.41. The van der Waals surface area contributed by atoms with Crippen LogP contribution in [0.15, 0.2) is 0 Å². The molecule has 0 saturated carbocycles. The van der Waals surface area contributed by atoms with Gasteiger partial charge in [0.15, 0.2) is 0 Å². The summed E-state index contributed by atoms with van der Waals surface area (Å²) in [6.07, 6.45) is -1.61. The van der Waals surface area contributed by atoms with Crippen molar-refractivity contribution in [3.05, 3.63) is 0 Å². The van der Waals surface area contributed by atoms with Crippen LogP contribution < -0.4 is 5.32 Å². The second kappa shape index (κ2) is 3.70. The van der Waals surface area contributed by atoms with Crippen molar-refractivity contribution < 1.29 is 15.3 Å². The van der Waals surface area contributed by atoms with Gasteiger partial charge in [0.1, 0.15) is 0 Å². The Kier molecular flexibility index (Phi) is 3.06. The lowest BCUT2D eigenvalue weighted by Gasteiger charge is -2.19. The molecule has 0 amide bonds. The minimum Gasteiger partial charge on any atom is -0.395 e. The molecule has 1 fully saturated rings. The van der Waals surface area contributed by atoms with Gasteiger partial charge in [0.2, 0.25) is 0 Å². The van der Waals surface area contributed by atoms with E-state index >= 15 is 0 Å². The Labute approximate surface area is 72.2 Å². The standard InChI is InChI=1S/C8H17NO3/c1-4(2)6-8(12)7(11)5(3-10)9-6/h4-12H,3H2,1-2H3/t5-,6-,7-,8-/m1/s1. The van der Waals surface area contributed by atoms with Crippen molar-refractivity contribution in [1.82, 2.24) is 5.32 Å². The van der Waals surface area contributed by atoms with Crippen molar-refractivity contribution in [1.29, 1.82) is 0 Å². The van der Waals surface area contributed by atoms with Crippen LogP contribution in [0, 0.1) is 5.92 Å². The summed E-state index contributed by atoms with van der Waals surface area (Å²) in [7, 11) is 0. The Morgan fingerprint density at radius 2 is 1.83 bits per heavy atom. The fraction of sp³-hybridized carbons (Fsp3) is 1.00. The van der Waals surface area contributed by atoms with E-state index in [1.54, 1.807) is 0 Å². The molecule has 12 heavy (non-hydrogen) atoms. The first-order valence-electron chi connectivity index (χ1n) is 4.31. The molecule has 72 valence electrons. The smallest absolute Gasteiger partial charge is 0.0989 e. The summed E-state index contributed by atoms with van der Waals surface area (Å²) in [5, 5.41) is 30.7. The van der Waals surface area contributed by atoms with Gasteiger partial charge in [-0.05, 0) is 5.92 Å². The second-order valence-corrected chi connectivity index (χ2v) is 3.71. The Balaban J connectivity index is 2.60. The summed E-state index contributed by atoms with van der Waals surface area (Å²) in [5.74, 6) is 0.256. The van der Waals surface area contributed by atoms with Gasteiger partial charge in [-0.1, -0.05) is 13.8 Å². The van der Waals surface area contributed by atoms with E-state index in [4.69, 9.17) is 5.11 Å². The number of rotatable bonds is 2. The fourth-order valence-electron chi connectivity index (χ4n) is 1.64. The number of hydrogen-bond donors (Lipinski definition) is 4. The van der Waals surface area contributed by atoms with E-state index < -0.39 is 12.2 Å². The van der Waals surface area contributed by atoms with E-state index in [1.807, 2.05) is 13.8 Å². The minimum atomic E-state index is -0.845. The van der Waals surface area contributed by atoms with Gasteiger partial charge in [0.25, 0.3) is 0 Å². The maximum atomic E-state index is 9.51. The first-order chi connectivity index (χ1) is 5.57. The molecule has 4 nitrogen and oxygen atoms in total. The van der Waals surface area contributed by atoms with Crippen LogP contribution in [-0.4, -0.2) is 46.2 Å². The van der Waals surface area contributed by atoms with Crippen molar-refractivity contribution >= 4 is 0 Å². The molecule has 0 bridgehead atoms. The number of aliphatic hydroxyl groups excluding tert-OH is 3. The number of aliphatic hydroxyl groups is 3. The van der Waals surface area contributed by atoms with Crippen molar-refractivity contribution in [2.24, 2.45) is 5.92 Å². The number of hydrogen-bond acceptors (Lipinski definition) is 4. The molecule has 1 aliphatic heterocycles. The summed E-state index contributed by atoms with van der Waals surface area (Å²) < 4.78 is 0. The predicted octanol–water partition coefficient (Wildman–Crippen LogP) is -1.30. The molecule has 0 aliphatic carbocycles. The molecule has 1 saturated heterocycles. The Morgan fingerprint density at radius 1 is 1.25 bits per heavy atom. The molecule has 0 unspecified atom stereocenters. The van der Waals surface area contributed by atoms with Gasteiger partial charge in [-0.15, -0.1) is 0 Å². The average Bonchev–Trinajstić information content (AvgIpc) is 2.30. The van der Waals surface area contributed by atoms with E-state index in [2.05, 4.69) is 5.32 Å². The summed E-state index contributed by atoms with van der Waals surface area (Å²) in [5.41, 5.74) is 0. The van der Waals surface area contributed by atoms with Crippen LogP contribution in [0.25, 0.3) is 0 Å². The molecule has 4 heteroatoms. The van der Waals surface area contributed by atoms with Gasteiger partial charge in [-0.25, -0.2) is 0 Å². The van der Waals surface area contributed by atoms with E-state index in [1.165, 1.54) is 0 Å². The third-order valence-corrected chi connectivity index (χ3v) is 2.45. The fourth-order valence-corrected chi connectivity index (χ4v) is 1.64. The van der Waals surface area contributed by atoms with Crippen molar-refractivity contribution in [3.8, 4) is 0 Å². The molecule has 0 radical (unpaired) electrons. The van der Waals surface area contributed by atoms with Crippen molar-refractivity contribution in [2.45, 2.75) is 38.1 Å². The van der Waals surface area contributed by atoms with Gasteiger partial charge in [0.05, 0.1) is 24.9 Å². The van der Waals surface area contributed by atoms with E-state index in [9.17, 15) is 10.2 Å². The van der Waals surface area contributed by atoms with Gasteiger partial charge in [-0.2, -0.15) is 0 Å². The lowest BCUT2D eigenvalue weighted by atomic mass is 9.99. The zero-order valence-electron chi connectivity index (χ0n) is 7.44. The predicted molar refractivity (Wildman–Crippen MR) is 44.6 cm³/mol. The summed E-state index contributed by atoms with van der Waals surface area (Å²) in [6.45, 7) is 3.79. The number of nitrogens with one attached hydrogen (secondary N) is 1. The van der Waals surface area contributed by atoms with Gasteiger partial charge in [-0.3, -0.25) is 0 Å². The maximum absolute atomic E-state index is 9.51. The van der Waals surface area contributed by atoms with Crippen LogP contribution in [0.5, 0.6) is 0 Å². The Bertz CT molecular complexity index is 151. The molecule has 1 rings (SSSR count).